The molecule has 2 aliphatic rings. The van der Waals surface area contributed by atoms with Crippen LogP contribution in [-0.4, -0.2) is 62.0 Å². The third kappa shape index (κ3) is 3.46. The summed E-state index contributed by atoms with van der Waals surface area (Å²) in [5.74, 6) is -0.00993. The highest BCUT2D eigenvalue weighted by Gasteiger charge is 2.36. The van der Waals surface area contributed by atoms with Crippen LogP contribution in [0.25, 0.3) is 6.08 Å². The van der Waals surface area contributed by atoms with Crippen molar-refractivity contribution in [3.05, 3.63) is 22.8 Å². The Labute approximate surface area is 142 Å². The van der Waals surface area contributed by atoms with E-state index in [2.05, 4.69) is 4.74 Å². The molecule has 9 heteroatoms. The molecule has 0 aromatic carbocycles. The normalized spacial score (nSPS) is 20.1. The Hall–Kier alpha value is -2.26. The monoisotopic (exact) mass is 352 g/mol. The first-order valence-corrected chi connectivity index (χ1v) is 8.15. The summed E-state index contributed by atoms with van der Waals surface area (Å²) in [5, 5.41) is -0.503. The van der Waals surface area contributed by atoms with Crippen molar-refractivity contribution < 1.29 is 28.3 Å². The summed E-state index contributed by atoms with van der Waals surface area (Å²) in [5.41, 5.74) is 0. The Kier molecular flexibility index (Phi) is 4.91. The summed E-state index contributed by atoms with van der Waals surface area (Å²) < 4.78 is 15.5. The van der Waals surface area contributed by atoms with Crippen LogP contribution in [0.15, 0.2) is 21.5 Å². The Balaban J connectivity index is 1.72. The molecule has 128 valence electrons. The molecule has 0 spiro atoms. The maximum Gasteiger partial charge on any atom is 0.325 e. The number of morpholine rings is 1. The number of esters is 1. The van der Waals surface area contributed by atoms with Crippen molar-refractivity contribution in [2.75, 3.05) is 44.9 Å². The summed E-state index contributed by atoms with van der Waals surface area (Å²) >= 11 is 0.771. The topological polar surface area (TPSA) is 89.3 Å². The molecule has 1 aromatic heterocycles. The summed E-state index contributed by atoms with van der Waals surface area (Å²) in [6, 6.07) is 3.55. The predicted molar refractivity (Wildman–Crippen MR) is 86.4 cm³/mol. The van der Waals surface area contributed by atoms with Gasteiger partial charge in [-0.15, -0.1) is 0 Å². The van der Waals surface area contributed by atoms with Crippen molar-refractivity contribution in [1.82, 2.24) is 4.90 Å². The fraction of sp³-hybridized carbons (Fsp3) is 0.400. The predicted octanol–water partition coefficient (Wildman–Crippen LogP) is 1.33. The highest BCUT2D eigenvalue weighted by atomic mass is 32.2. The molecule has 2 amide bonds. The second-order valence-electron chi connectivity index (χ2n) is 5.12. The van der Waals surface area contributed by atoms with E-state index in [1.54, 1.807) is 6.07 Å². The Morgan fingerprint density at radius 1 is 1.33 bits per heavy atom. The van der Waals surface area contributed by atoms with Crippen LogP contribution >= 0.6 is 11.8 Å². The fourth-order valence-corrected chi connectivity index (χ4v) is 3.15. The van der Waals surface area contributed by atoms with Gasteiger partial charge in [-0.3, -0.25) is 19.3 Å². The highest BCUT2D eigenvalue weighted by molar-refractivity contribution is 8.18. The number of rotatable bonds is 4. The van der Waals surface area contributed by atoms with Crippen LogP contribution < -0.4 is 4.90 Å². The van der Waals surface area contributed by atoms with Crippen molar-refractivity contribution in [2.24, 2.45) is 0 Å². The van der Waals surface area contributed by atoms with Crippen LogP contribution in [-0.2, 0) is 19.1 Å². The lowest BCUT2D eigenvalue weighted by atomic mass is 10.3. The maximum atomic E-state index is 12.2. The molecule has 0 N–H and O–H groups in total. The molecule has 2 fully saturated rings. The fourth-order valence-electron chi connectivity index (χ4n) is 2.33. The van der Waals surface area contributed by atoms with E-state index in [1.807, 2.05) is 11.0 Å². The molecule has 2 aliphatic heterocycles. The zero-order chi connectivity index (χ0) is 17.1. The molecule has 0 saturated carbocycles. The van der Waals surface area contributed by atoms with Crippen LogP contribution in [0.2, 0.25) is 0 Å². The number of anilines is 1. The average Bonchev–Trinajstić information content (AvgIpc) is 3.16. The Morgan fingerprint density at radius 3 is 2.79 bits per heavy atom. The molecular weight excluding hydrogens is 336 g/mol. The van der Waals surface area contributed by atoms with Crippen molar-refractivity contribution >= 4 is 40.8 Å². The van der Waals surface area contributed by atoms with Gasteiger partial charge < -0.3 is 18.8 Å². The number of carbonyl (C=O) groups excluding carboxylic acids is 3. The minimum Gasteiger partial charge on any atom is -0.468 e. The van der Waals surface area contributed by atoms with Crippen molar-refractivity contribution in [3.63, 3.8) is 0 Å². The van der Waals surface area contributed by atoms with Gasteiger partial charge in [0.2, 0.25) is 0 Å². The largest absolute Gasteiger partial charge is 0.468 e. The molecule has 0 bridgehead atoms. The number of carbonyl (C=O) groups is 3. The highest BCUT2D eigenvalue weighted by Crippen LogP contribution is 2.33. The Bertz CT molecular complexity index is 692. The van der Waals surface area contributed by atoms with Crippen molar-refractivity contribution in [3.8, 4) is 0 Å². The quantitative estimate of drug-likeness (QED) is 0.592. The third-order valence-corrected chi connectivity index (χ3v) is 4.50. The summed E-state index contributed by atoms with van der Waals surface area (Å²) in [7, 11) is 1.20. The third-order valence-electron chi connectivity index (χ3n) is 3.60. The molecule has 0 atom stereocenters. The van der Waals surface area contributed by atoms with Gasteiger partial charge in [-0.1, -0.05) is 0 Å². The lowest BCUT2D eigenvalue weighted by Gasteiger charge is -2.26. The van der Waals surface area contributed by atoms with Crippen molar-refractivity contribution in [2.45, 2.75) is 0 Å². The summed E-state index contributed by atoms with van der Waals surface area (Å²) in [6.45, 7) is 2.37. The first kappa shape index (κ1) is 16.6. The molecule has 8 nitrogen and oxygen atoms in total. The molecule has 3 heterocycles. The lowest BCUT2D eigenvalue weighted by molar-refractivity contribution is -0.143. The number of hydrogen-bond donors (Lipinski definition) is 0. The van der Waals surface area contributed by atoms with Crippen LogP contribution in [0, 0.1) is 0 Å². The second kappa shape index (κ2) is 7.10. The zero-order valence-corrected chi connectivity index (χ0v) is 13.8. The first-order chi connectivity index (χ1) is 11.6. The molecule has 3 rings (SSSR count). The van der Waals surface area contributed by atoms with E-state index in [9.17, 15) is 14.4 Å². The van der Waals surface area contributed by atoms with Crippen LogP contribution in [0.4, 0.5) is 10.7 Å². The molecule has 1 aromatic rings. The smallest absolute Gasteiger partial charge is 0.325 e. The Morgan fingerprint density at radius 2 is 2.08 bits per heavy atom. The van der Waals surface area contributed by atoms with Gasteiger partial charge in [-0.25, -0.2) is 0 Å². The average molecular weight is 352 g/mol. The molecule has 0 radical (unpaired) electrons. The van der Waals surface area contributed by atoms with Gasteiger partial charge in [0, 0.05) is 25.2 Å². The van der Waals surface area contributed by atoms with Crippen LogP contribution in [0.1, 0.15) is 5.76 Å². The lowest BCUT2D eigenvalue weighted by Crippen LogP contribution is -2.35. The molecule has 2 saturated heterocycles. The van der Waals surface area contributed by atoms with Gasteiger partial charge in [0.1, 0.15) is 12.3 Å². The number of amides is 2. The second-order valence-corrected chi connectivity index (χ2v) is 6.11. The minimum absolute atomic E-state index is 0.215. The first-order valence-electron chi connectivity index (χ1n) is 7.33. The van der Waals surface area contributed by atoms with E-state index < -0.39 is 23.7 Å². The number of ether oxygens (including phenoxy) is 2. The van der Waals surface area contributed by atoms with Gasteiger partial charge in [-0.05, 0) is 17.8 Å². The molecule has 24 heavy (non-hydrogen) atoms. The van der Waals surface area contributed by atoms with Crippen LogP contribution in [0.5, 0.6) is 0 Å². The standard InChI is InChI=1S/C15H16N2O6S/c1-21-13(18)9-17-14(19)11(24-15(17)20)8-10-2-3-12(23-10)16-4-6-22-7-5-16/h2-3,8H,4-7,9H2,1H3/b11-8-. The number of nitrogens with zero attached hydrogens (tertiary/aromatic N) is 2. The SMILES string of the molecule is COC(=O)CN1C(=O)S/C(=C\c2ccc(N3CCOCC3)o2)C1=O. The molecule has 0 unspecified atom stereocenters. The van der Waals surface area contributed by atoms with Gasteiger partial charge >= 0.3 is 5.97 Å². The summed E-state index contributed by atoms with van der Waals surface area (Å²) in [4.78, 5) is 38.5. The summed E-state index contributed by atoms with van der Waals surface area (Å²) in [6.07, 6.45) is 1.51. The minimum atomic E-state index is -0.647. The van der Waals surface area contributed by atoms with Gasteiger partial charge in [-0.2, -0.15) is 0 Å². The van der Waals surface area contributed by atoms with E-state index in [0.29, 0.717) is 24.9 Å². The van der Waals surface area contributed by atoms with E-state index in [-0.39, 0.29) is 4.91 Å². The van der Waals surface area contributed by atoms with E-state index in [4.69, 9.17) is 9.15 Å². The number of furan rings is 1. The number of imide groups is 1. The number of hydrogen-bond acceptors (Lipinski definition) is 8. The van der Waals surface area contributed by atoms with Gasteiger partial charge in [0.15, 0.2) is 5.88 Å². The number of methoxy groups -OCH3 is 1. The van der Waals surface area contributed by atoms with Gasteiger partial charge in [0.05, 0.1) is 25.2 Å². The van der Waals surface area contributed by atoms with Gasteiger partial charge in [0.25, 0.3) is 11.1 Å². The van der Waals surface area contributed by atoms with E-state index in [0.717, 1.165) is 29.8 Å². The van der Waals surface area contributed by atoms with E-state index in [1.165, 1.54) is 13.2 Å². The molecule has 0 aliphatic carbocycles. The maximum absolute atomic E-state index is 12.2. The number of thioether (sulfide) groups is 1. The van der Waals surface area contributed by atoms with E-state index >= 15 is 0 Å². The molecular formula is C15H16N2O6S. The zero-order valence-electron chi connectivity index (χ0n) is 13.0. The van der Waals surface area contributed by atoms with Crippen LogP contribution in [0.3, 0.4) is 0 Å². The van der Waals surface area contributed by atoms with Crippen molar-refractivity contribution in [1.29, 1.82) is 0 Å².